The fourth-order valence-electron chi connectivity index (χ4n) is 2.09. The third kappa shape index (κ3) is 5.37. The number of carbonyl (C=O) groups is 1. The highest BCUT2D eigenvalue weighted by atomic mass is 16.6. The number of hydrogen-bond donors (Lipinski definition) is 2. The molecule has 17 heavy (non-hydrogen) atoms. The maximum atomic E-state index is 11.6. The summed E-state index contributed by atoms with van der Waals surface area (Å²) in [4.78, 5) is 11.6. The highest BCUT2D eigenvalue weighted by molar-refractivity contribution is 5.68. The summed E-state index contributed by atoms with van der Waals surface area (Å²) in [5, 5.41) is 2.85. The summed E-state index contributed by atoms with van der Waals surface area (Å²) >= 11 is 0. The van der Waals surface area contributed by atoms with Crippen molar-refractivity contribution in [3.8, 4) is 0 Å². The first-order valence-corrected chi connectivity index (χ1v) is 6.08. The van der Waals surface area contributed by atoms with E-state index in [0.717, 1.165) is 19.3 Å². The number of carbonyl (C=O) groups excluding carboxylic acids is 1. The fourth-order valence-corrected chi connectivity index (χ4v) is 2.09. The lowest BCUT2D eigenvalue weighted by Gasteiger charge is -2.33. The van der Waals surface area contributed by atoms with Gasteiger partial charge in [-0.1, -0.05) is 0 Å². The number of methoxy groups -OCH3 is 1. The van der Waals surface area contributed by atoms with Gasteiger partial charge in [0.15, 0.2) is 0 Å². The van der Waals surface area contributed by atoms with Gasteiger partial charge in [0.2, 0.25) is 0 Å². The Morgan fingerprint density at radius 1 is 1.29 bits per heavy atom. The van der Waals surface area contributed by atoms with Gasteiger partial charge in [-0.2, -0.15) is 0 Å². The van der Waals surface area contributed by atoms with Crippen molar-refractivity contribution in [3.05, 3.63) is 0 Å². The molecule has 1 rings (SSSR count). The van der Waals surface area contributed by atoms with Crippen LogP contribution in [-0.2, 0) is 9.47 Å². The predicted octanol–water partition coefficient (Wildman–Crippen LogP) is 1.41. The van der Waals surface area contributed by atoms with Gasteiger partial charge in [0.1, 0.15) is 5.60 Å². The van der Waals surface area contributed by atoms with Gasteiger partial charge in [-0.15, -0.1) is 0 Å². The van der Waals surface area contributed by atoms with Crippen molar-refractivity contribution < 1.29 is 14.3 Å². The summed E-state index contributed by atoms with van der Waals surface area (Å²) in [5.74, 6) is 0. The van der Waals surface area contributed by atoms with Crippen LogP contribution in [0.5, 0.6) is 0 Å². The summed E-state index contributed by atoms with van der Waals surface area (Å²) in [7, 11) is 1.67. The lowest BCUT2D eigenvalue weighted by atomic mass is 9.89. The molecule has 3 unspecified atom stereocenters. The predicted molar refractivity (Wildman–Crippen MR) is 65.8 cm³/mol. The van der Waals surface area contributed by atoms with Gasteiger partial charge in [-0.05, 0) is 40.0 Å². The number of nitrogens with one attached hydrogen (secondary N) is 1. The molecule has 0 radical (unpaired) electrons. The number of hydrogen-bond acceptors (Lipinski definition) is 4. The second-order valence-corrected chi connectivity index (χ2v) is 5.67. The van der Waals surface area contributed by atoms with Gasteiger partial charge in [-0.3, -0.25) is 0 Å². The normalized spacial score (nSPS) is 29.8. The van der Waals surface area contributed by atoms with Crippen LogP contribution < -0.4 is 11.1 Å². The van der Waals surface area contributed by atoms with E-state index in [4.69, 9.17) is 15.2 Å². The molecular formula is C12H24N2O3. The van der Waals surface area contributed by atoms with Crippen molar-refractivity contribution in [1.29, 1.82) is 0 Å². The van der Waals surface area contributed by atoms with Crippen LogP contribution in [0.2, 0.25) is 0 Å². The highest BCUT2D eigenvalue weighted by Crippen LogP contribution is 2.20. The molecule has 0 heterocycles. The quantitative estimate of drug-likeness (QED) is 0.770. The number of ether oxygens (including phenoxy) is 2. The molecule has 1 amide bonds. The lowest BCUT2D eigenvalue weighted by Crippen LogP contribution is -2.48. The molecule has 0 aromatic heterocycles. The van der Waals surface area contributed by atoms with Crippen LogP contribution >= 0.6 is 0 Å². The molecule has 1 fully saturated rings. The largest absolute Gasteiger partial charge is 0.444 e. The zero-order chi connectivity index (χ0) is 13.1. The van der Waals surface area contributed by atoms with Crippen LogP contribution in [0.25, 0.3) is 0 Å². The van der Waals surface area contributed by atoms with Crippen molar-refractivity contribution in [1.82, 2.24) is 5.32 Å². The molecular weight excluding hydrogens is 220 g/mol. The number of amides is 1. The molecule has 0 spiro atoms. The van der Waals surface area contributed by atoms with E-state index in [1.165, 1.54) is 0 Å². The Kier molecular flexibility index (Phi) is 4.77. The van der Waals surface area contributed by atoms with Crippen LogP contribution in [0.15, 0.2) is 0 Å². The smallest absolute Gasteiger partial charge is 0.407 e. The topological polar surface area (TPSA) is 73.6 Å². The van der Waals surface area contributed by atoms with E-state index < -0.39 is 5.60 Å². The molecule has 100 valence electrons. The van der Waals surface area contributed by atoms with Crippen LogP contribution in [0.4, 0.5) is 4.79 Å². The third-order valence-electron chi connectivity index (χ3n) is 2.75. The molecule has 1 saturated carbocycles. The zero-order valence-electron chi connectivity index (χ0n) is 11.2. The third-order valence-corrected chi connectivity index (χ3v) is 2.75. The molecule has 0 saturated heterocycles. The minimum absolute atomic E-state index is 0.0403. The monoisotopic (exact) mass is 244 g/mol. The molecule has 3 atom stereocenters. The Balaban J connectivity index is 2.42. The first-order chi connectivity index (χ1) is 7.80. The minimum atomic E-state index is -0.471. The van der Waals surface area contributed by atoms with E-state index in [9.17, 15) is 4.79 Å². The Hall–Kier alpha value is -0.810. The standard InChI is InChI=1S/C12H24N2O3/c1-12(2,3)17-11(15)14-9-5-8(13)6-10(7-9)16-4/h8-10H,5-7,13H2,1-4H3,(H,14,15). The van der Waals surface area contributed by atoms with Gasteiger partial charge >= 0.3 is 6.09 Å². The number of alkyl carbamates (subject to hydrolysis) is 1. The van der Waals surface area contributed by atoms with Crippen molar-refractivity contribution >= 4 is 6.09 Å². The van der Waals surface area contributed by atoms with Crippen molar-refractivity contribution in [3.63, 3.8) is 0 Å². The average Bonchev–Trinajstić information content (AvgIpc) is 2.13. The first kappa shape index (κ1) is 14.3. The summed E-state index contributed by atoms with van der Waals surface area (Å²) in [5.41, 5.74) is 5.45. The minimum Gasteiger partial charge on any atom is -0.444 e. The van der Waals surface area contributed by atoms with E-state index in [1.54, 1.807) is 7.11 Å². The van der Waals surface area contributed by atoms with Gasteiger partial charge in [-0.25, -0.2) is 4.79 Å². The van der Waals surface area contributed by atoms with E-state index in [0.29, 0.717) is 0 Å². The van der Waals surface area contributed by atoms with Crippen LogP contribution in [0.1, 0.15) is 40.0 Å². The lowest BCUT2D eigenvalue weighted by molar-refractivity contribution is 0.0340. The highest BCUT2D eigenvalue weighted by Gasteiger charge is 2.29. The molecule has 0 aromatic carbocycles. The fraction of sp³-hybridized carbons (Fsp3) is 0.917. The van der Waals surface area contributed by atoms with Gasteiger partial charge < -0.3 is 20.5 Å². The molecule has 0 bridgehead atoms. The summed E-state index contributed by atoms with van der Waals surface area (Å²) < 4.78 is 10.5. The molecule has 3 N–H and O–H groups in total. The number of rotatable bonds is 2. The van der Waals surface area contributed by atoms with Crippen LogP contribution in [0.3, 0.4) is 0 Å². The summed E-state index contributed by atoms with van der Waals surface area (Å²) in [6.07, 6.45) is 2.16. The molecule has 1 aliphatic rings. The van der Waals surface area contributed by atoms with Crippen LogP contribution in [0, 0.1) is 0 Å². The Morgan fingerprint density at radius 3 is 2.47 bits per heavy atom. The van der Waals surface area contributed by atoms with Gasteiger partial charge in [0.25, 0.3) is 0 Å². The van der Waals surface area contributed by atoms with Crippen molar-refractivity contribution in [2.75, 3.05) is 7.11 Å². The Bertz CT molecular complexity index is 263. The maximum absolute atomic E-state index is 11.6. The summed E-state index contributed by atoms with van der Waals surface area (Å²) in [6.45, 7) is 5.53. The molecule has 5 heteroatoms. The average molecular weight is 244 g/mol. The van der Waals surface area contributed by atoms with Crippen molar-refractivity contribution in [2.45, 2.75) is 63.8 Å². The molecule has 5 nitrogen and oxygen atoms in total. The van der Waals surface area contributed by atoms with Crippen molar-refractivity contribution in [2.24, 2.45) is 5.73 Å². The van der Waals surface area contributed by atoms with Gasteiger partial charge in [0.05, 0.1) is 6.10 Å². The maximum Gasteiger partial charge on any atom is 0.407 e. The first-order valence-electron chi connectivity index (χ1n) is 6.08. The molecule has 0 aliphatic heterocycles. The second kappa shape index (κ2) is 5.69. The Labute approximate surface area is 103 Å². The van der Waals surface area contributed by atoms with E-state index in [-0.39, 0.29) is 24.3 Å². The zero-order valence-corrected chi connectivity index (χ0v) is 11.2. The number of nitrogens with two attached hydrogens (primary N) is 1. The van der Waals surface area contributed by atoms with Gasteiger partial charge in [0, 0.05) is 19.2 Å². The van der Waals surface area contributed by atoms with E-state index in [1.807, 2.05) is 20.8 Å². The second-order valence-electron chi connectivity index (χ2n) is 5.67. The van der Waals surface area contributed by atoms with Crippen LogP contribution in [-0.4, -0.2) is 37.0 Å². The Morgan fingerprint density at radius 2 is 1.94 bits per heavy atom. The summed E-state index contributed by atoms with van der Waals surface area (Å²) in [6, 6.07) is 0.118. The molecule has 1 aliphatic carbocycles. The van der Waals surface area contributed by atoms with E-state index in [2.05, 4.69) is 5.32 Å². The van der Waals surface area contributed by atoms with E-state index >= 15 is 0 Å². The SMILES string of the molecule is COC1CC(N)CC(NC(=O)OC(C)(C)C)C1. The molecule has 0 aromatic rings.